The van der Waals surface area contributed by atoms with E-state index in [0.29, 0.717) is 20.2 Å². The van der Waals surface area contributed by atoms with Gasteiger partial charge in [0.05, 0.1) is 21.3 Å². The van der Waals surface area contributed by atoms with E-state index < -0.39 is 5.91 Å². The van der Waals surface area contributed by atoms with E-state index in [-0.39, 0.29) is 11.3 Å². The average Bonchev–Trinajstić information content (AvgIpc) is 2.33. The predicted molar refractivity (Wildman–Crippen MR) is 85.0 cm³/mol. The fraction of sp³-hybridized carbons (Fsp3) is 0.0714. The highest BCUT2D eigenvalue weighted by atomic mass is 79.9. The van der Waals surface area contributed by atoms with Gasteiger partial charge in [-0.3, -0.25) is 4.79 Å². The van der Waals surface area contributed by atoms with Gasteiger partial charge in [0.2, 0.25) is 0 Å². The molecule has 0 atom stereocenters. The van der Waals surface area contributed by atoms with Gasteiger partial charge in [-0.05, 0) is 36.8 Å². The number of rotatable bonds is 2. The third kappa shape index (κ3) is 3.26. The van der Waals surface area contributed by atoms with E-state index >= 15 is 0 Å². The molecule has 0 bridgehead atoms. The van der Waals surface area contributed by atoms with Gasteiger partial charge < -0.3 is 10.4 Å². The number of halogens is 3. The monoisotopic (exact) mass is 373 g/mol. The van der Waals surface area contributed by atoms with E-state index in [2.05, 4.69) is 21.2 Å². The van der Waals surface area contributed by atoms with E-state index in [1.807, 2.05) is 6.92 Å². The Balaban J connectivity index is 2.33. The number of benzene rings is 2. The van der Waals surface area contributed by atoms with Gasteiger partial charge >= 0.3 is 0 Å². The zero-order valence-electron chi connectivity index (χ0n) is 10.4. The molecule has 0 saturated carbocycles. The first kappa shape index (κ1) is 15.2. The van der Waals surface area contributed by atoms with Crippen LogP contribution in [0.2, 0.25) is 10.0 Å². The Labute approximate surface area is 134 Å². The molecule has 0 spiro atoms. The molecule has 2 rings (SSSR count). The molecule has 1 amide bonds. The summed E-state index contributed by atoms with van der Waals surface area (Å²) in [5, 5.41) is 13.0. The summed E-state index contributed by atoms with van der Waals surface area (Å²) < 4.78 is 0.712. The predicted octanol–water partition coefficient (Wildman–Crippen LogP) is 5.02. The number of hydrogen-bond acceptors (Lipinski definition) is 2. The molecular formula is C14H10BrCl2NO2. The van der Waals surface area contributed by atoms with Gasteiger partial charge in [0.1, 0.15) is 5.75 Å². The van der Waals surface area contributed by atoms with Crippen molar-refractivity contribution in [3.63, 3.8) is 0 Å². The zero-order chi connectivity index (χ0) is 14.9. The molecule has 0 unspecified atom stereocenters. The van der Waals surface area contributed by atoms with Crippen molar-refractivity contribution < 1.29 is 9.90 Å². The number of phenolic OH excluding ortho intramolecular Hbond substituents is 1. The fourth-order valence-corrected chi connectivity index (χ4v) is 2.98. The van der Waals surface area contributed by atoms with Crippen molar-refractivity contribution in [2.75, 3.05) is 5.32 Å². The lowest BCUT2D eigenvalue weighted by atomic mass is 10.1. The minimum absolute atomic E-state index is 0.0909. The molecule has 0 radical (unpaired) electrons. The van der Waals surface area contributed by atoms with E-state index in [0.717, 1.165) is 5.56 Å². The molecule has 0 aliphatic heterocycles. The first-order valence-corrected chi connectivity index (χ1v) is 7.19. The van der Waals surface area contributed by atoms with Gasteiger partial charge in [0, 0.05) is 4.47 Å². The lowest BCUT2D eigenvalue weighted by Gasteiger charge is -2.11. The smallest absolute Gasteiger partial charge is 0.259 e. The maximum atomic E-state index is 12.1. The lowest BCUT2D eigenvalue weighted by Crippen LogP contribution is -2.13. The maximum Gasteiger partial charge on any atom is 0.259 e. The number of aromatic hydroxyl groups is 1. The number of phenols is 1. The second kappa shape index (κ2) is 6.04. The van der Waals surface area contributed by atoms with Crippen LogP contribution in [0.4, 0.5) is 5.69 Å². The number of hydrogen-bond donors (Lipinski definition) is 2. The van der Waals surface area contributed by atoms with E-state index in [1.165, 1.54) is 6.07 Å². The van der Waals surface area contributed by atoms with Crippen molar-refractivity contribution in [2.24, 2.45) is 0 Å². The molecule has 20 heavy (non-hydrogen) atoms. The van der Waals surface area contributed by atoms with Gasteiger partial charge in [0.25, 0.3) is 5.91 Å². The van der Waals surface area contributed by atoms with Gasteiger partial charge in [-0.2, -0.15) is 0 Å². The Morgan fingerprint density at radius 2 is 1.80 bits per heavy atom. The number of amides is 1. The normalized spacial score (nSPS) is 10.4. The minimum Gasteiger partial charge on any atom is -0.507 e. The molecule has 2 aromatic rings. The SMILES string of the molecule is Cc1ccc(C(=O)Nc2c(Cl)cc(Br)cc2Cl)c(O)c1. The van der Waals surface area contributed by atoms with Crippen LogP contribution >= 0.6 is 39.1 Å². The highest BCUT2D eigenvalue weighted by Crippen LogP contribution is 2.34. The quantitative estimate of drug-likeness (QED) is 0.775. The summed E-state index contributed by atoms with van der Waals surface area (Å²) in [6.07, 6.45) is 0. The standard InChI is InChI=1S/C14H10BrCl2NO2/c1-7-2-3-9(12(19)4-7)14(20)18-13-10(16)5-8(15)6-11(13)17/h2-6,19H,1H3,(H,18,20). The van der Waals surface area contributed by atoms with Crippen LogP contribution in [-0.4, -0.2) is 11.0 Å². The van der Waals surface area contributed by atoms with Crippen LogP contribution in [0.15, 0.2) is 34.8 Å². The molecule has 0 heterocycles. The summed E-state index contributed by atoms with van der Waals surface area (Å²) >= 11 is 15.3. The Hall–Kier alpha value is -1.23. The summed E-state index contributed by atoms with van der Waals surface area (Å²) in [6, 6.07) is 8.04. The van der Waals surface area contributed by atoms with Gasteiger partial charge in [-0.25, -0.2) is 0 Å². The molecule has 0 saturated heterocycles. The molecule has 0 fully saturated rings. The molecule has 104 valence electrons. The lowest BCUT2D eigenvalue weighted by molar-refractivity contribution is 0.102. The van der Waals surface area contributed by atoms with E-state index in [1.54, 1.807) is 24.3 Å². The Morgan fingerprint density at radius 1 is 1.20 bits per heavy atom. The van der Waals surface area contributed by atoms with Crippen LogP contribution in [0, 0.1) is 6.92 Å². The third-order valence-corrected chi connectivity index (χ3v) is 3.70. The van der Waals surface area contributed by atoms with Gasteiger partial charge in [-0.15, -0.1) is 0 Å². The van der Waals surface area contributed by atoms with Gasteiger partial charge in [-0.1, -0.05) is 45.2 Å². The molecule has 3 nitrogen and oxygen atoms in total. The number of nitrogens with one attached hydrogen (secondary N) is 1. The zero-order valence-corrected chi connectivity index (χ0v) is 13.5. The van der Waals surface area contributed by atoms with Crippen molar-refractivity contribution in [3.05, 3.63) is 56.0 Å². The molecule has 2 aromatic carbocycles. The summed E-state index contributed by atoms with van der Waals surface area (Å²) in [5.74, 6) is -0.569. The van der Waals surface area contributed by atoms with Crippen LogP contribution in [0.5, 0.6) is 5.75 Å². The fourth-order valence-electron chi connectivity index (χ4n) is 1.68. The minimum atomic E-state index is -0.478. The number of anilines is 1. The summed E-state index contributed by atoms with van der Waals surface area (Å²) in [5.41, 5.74) is 1.32. The molecule has 2 N–H and O–H groups in total. The van der Waals surface area contributed by atoms with E-state index in [9.17, 15) is 9.90 Å². The molecule has 0 aromatic heterocycles. The second-order valence-corrected chi connectivity index (χ2v) is 5.95. The number of carbonyl (C=O) groups is 1. The Kier molecular flexibility index (Phi) is 4.58. The largest absolute Gasteiger partial charge is 0.507 e. The van der Waals surface area contributed by atoms with Crippen LogP contribution in [-0.2, 0) is 0 Å². The molecule has 0 aliphatic carbocycles. The second-order valence-electron chi connectivity index (χ2n) is 4.22. The first-order chi connectivity index (χ1) is 9.38. The molecule has 0 aliphatic rings. The van der Waals surface area contributed by atoms with Crippen molar-refractivity contribution in [3.8, 4) is 5.75 Å². The summed E-state index contributed by atoms with van der Waals surface area (Å²) in [4.78, 5) is 12.1. The average molecular weight is 375 g/mol. The highest BCUT2D eigenvalue weighted by Gasteiger charge is 2.15. The maximum absolute atomic E-state index is 12.1. The van der Waals surface area contributed by atoms with Crippen LogP contribution in [0.1, 0.15) is 15.9 Å². The van der Waals surface area contributed by atoms with Crippen LogP contribution in [0.25, 0.3) is 0 Å². The van der Waals surface area contributed by atoms with Crippen LogP contribution in [0.3, 0.4) is 0 Å². The number of aryl methyl sites for hydroxylation is 1. The Bertz CT molecular complexity index is 666. The molecular weight excluding hydrogens is 365 g/mol. The van der Waals surface area contributed by atoms with E-state index in [4.69, 9.17) is 23.2 Å². The topological polar surface area (TPSA) is 49.3 Å². The highest BCUT2D eigenvalue weighted by molar-refractivity contribution is 9.10. The summed E-state index contributed by atoms with van der Waals surface area (Å²) in [6.45, 7) is 1.82. The van der Waals surface area contributed by atoms with Crippen molar-refractivity contribution in [1.29, 1.82) is 0 Å². The summed E-state index contributed by atoms with van der Waals surface area (Å²) in [7, 11) is 0. The van der Waals surface area contributed by atoms with Crippen molar-refractivity contribution >= 4 is 50.7 Å². The van der Waals surface area contributed by atoms with Crippen molar-refractivity contribution in [2.45, 2.75) is 6.92 Å². The van der Waals surface area contributed by atoms with Crippen LogP contribution < -0.4 is 5.32 Å². The van der Waals surface area contributed by atoms with Crippen molar-refractivity contribution in [1.82, 2.24) is 0 Å². The Morgan fingerprint density at radius 3 is 2.35 bits per heavy atom. The number of carbonyl (C=O) groups excluding carboxylic acids is 1. The third-order valence-electron chi connectivity index (χ3n) is 2.64. The van der Waals surface area contributed by atoms with Gasteiger partial charge in [0.15, 0.2) is 0 Å². The molecule has 6 heteroatoms. The first-order valence-electron chi connectivity index (χ1n) is 5.64.